The Balaban J connectivity index is 1.45. The van der Waals surface area contributed by atoms with Gasteiger partial charge in [0.2, 0.25) is 5.91 Å². The van der Waals surface area contributed by atoms with Gasteiger partial charge in [-0.3, -0.25) is 4.79 Å². The van der Waals surface area contributed by atoms with Gasteiger partial charge in [0, 0.05) is 51.5 Å². The molecule has 1 aliphatic rings. The standard InChI is InChI=1S/C21H27N5O2/c1-25(2)19-14-16(8-11-22-19)15-23-20(27)17-9-12-26(13-10-17)21(28)24-18-6-4-3-5-7-18/h3-8,11,14,17H,9-10,12-13,15H2,1-2H3,(H,23,27)(H,24,28). The average Bonchev–Trinajstić information content (AvgIpc) is 2.73. The van der Waals surface area contributed by atoms with Crippen molar-refractivity contribution in [3.8, 4) is 0 Å². The quantitative estimate of drug-likeness (QED) is 0.835. The molecule has 1 saturated heterocycles. The molecule has 7 nitrogen and oxygen atoms in total. The van der Waals surface area contributed by atoms with Gasteiger partial charge in [0.1, 0.15) is 5.82 Å². The Morgan fingerprint density at radius 1 is 1.14 bits per heavy atom. The Morgan fingerprint density at radius 3 is 2.54 bits per heavy atom. The van der Waals surface area contributed by atoms with Crippen LogP contribution in [-0.4, -0.2) is 49.0 Å². The number of hydrogen-bond acceptors (Lipinski definition) is 4. The van der Waals surface area contributed by atoms with Crippen molar-refractivity contribution in [1.82, 2.24) is 15.2 Å². The van der Waals surface area contributed by atoms with Crippen LogP contribution in [0, 0.1) is 5.92 Å². The minimum atomic E-state index is -0.113. The molecular formula is C21H27N5O2. The number of benzene rings is 1. The Bertz CT molecular complexity index is 801. The number of urea groups is 1. The molecule has 0 aliphatic carbocycles. The second-order valence-electron chi connectivity index (χ2n) is 7.19. The van der Waals surface area contributed by atoms with Crippen molar-refractivity contribution in [1.29, 1.82) is 0 Å². The second-order valence-corrected chi connectivity index (χ2v) is 7.19. The van der Waals surface area contributed by atoms with Crippen molar-refractivity contribution >= 4 is 23.4 Å². The molecule has 28 heavy (non-hydrogen) atoms. The van der Waals surface area contributed by atoms with Crippen molar-refractivity contribution in [2.45, 2.75) is 19.4 Å². The molecule has 0 unspecified atom stereocenters. The van der Waals surface area contributed by atoms with Crippen molar-refractivity contribution in [3.05, 3.63) is 54.2 Å². The normalized spacial score (nSPS) is 14.4. The van der Waals surface area contributed by atoms with Crippen molar-refractivity contribution in [3.63, 3.8) is 0 Å². The third kappa shape index (κ3) is 5.22. The average molecular weight is 381 g/mol. The highest BCUT2D eigenvalue weighted by molar-refractivity contribution is 5.89. The molecule has 3 rings (SSSR count). The predicted octanol–water partition coefficient (Wildman–Crippen LogP) is 2.71. The van der Waals surface area contributed by atoms with E-state index in [4.69, 9.17) is 0 Å². The van der Waals surface area contributed by atoms with Gasteiger partial charge in [0.15, 0.2) is 0 Å². The van der Waals surface area contributed by atoms with Gasteiger partial charge < -0.3 is 20.4 Å². The first-order valence-corrected chi connectivity index (χ1v) is 9.54. The van der Waals surface area contributed by atoms with E-state index in [1.165, 1.54) is 0 Å². The third-order valence-electron chi connectivity index (χ3n) is 4.91. The molecule has 2 heterocycles. The summed E-state index contributed by atoms with van der Waals surface area (Å²) >= 11 is 0. The first-order chi connectivity index (χ1) is 13.5. The summed E-state index contributed by atoms with van der Waals surface area (Å²) in [6.07, 6.45) is 3.10. The highest BCUT2D eigenvalue weighted by atomic mass is 16.2. The molecular weight excluding hydrogens is 354 g/mol. The fraction of sp³-hybridized carbons (Fsp3) is 0.381. The molecule has 2 aromatic rings. The largest absolute Gasteiger partial charge is 0.363 e. The van der Waals surface area contributed by atoms with Gasteiger partial charge in [-0.15, -0.1) is 0 Å². The number of rotatable bonds is 5. The first kappa shape index (κ1) is 19.7. The molecule has 148 valence electrons. The number of aromatic nitrogens is 1. The maximum absolute atomic E-state index is 12.5. The number of pyridine rings is 1. The Labute approximate surface area is 165 Å². The third-order valence-corrected chi connectivity index (χ3v) is 4.91. The van der Waals surface area contributed by atoms with E-state index in [2.05, 4.69) is 15.6 Å². The molecule has 0 bridgehead atoms. The van der Waals surface area contributed by atoms with E-state index in [1.807, 2.05) is 61.5 Å². The Hall–Kier alpha value is -3.09. The lowest BCUT2D eigenvalue weighted by Gasteiger charge is -2.31. The SMILES string of the molecule is CN(C)c1cc(CNC(=O)C2CCN(C(=O)Nc3ccccc3)CC2)ccn1. The lowest BCUT2D eigenvalue weighted by atomic mass is 9.96. The summed E-state index contributed by atoms with van der Waals surface area (Å²) in [4.78, 5) is 32.8. The molecule has 0 saturated carbocycles. The van der Waals surface area contributed by atoms with Crippen molar-refractivity contribution in [2.75, 3.05) is 37.4 Å². The summed E-state index contributed by atoms with van der Waals surface area (Å²) in [5, 5.41) is 5.91. The molecule has 7 heteroatoms. The Morgan fingerprint density at radius 2 is 1.86 bits per heavy atom. The lowest BCUT2D eigenvalue weighted by molar-refractivity contribution is -0.126. The molecule has 0 atom stereocenters. The summed E-state index contributed by atoms with van der Waals surface area (Å²) in [5.41, 5.74) is 1.80. The van der Waals surface area contributed by atoms with Gasteiger partial charge in [-0.1, -0.05) is 18.2 Å². The van der Waals surface area contributed by atoms with Crippen LogP contribution in [0.15, 0.2) is 48.7 Å². The second kappa shape index (κ2) is 9.21. The number of carbonyl (C=O) groups is 2. The molecule has 2 N–H and O–H groups in total. The Kier molecular flexibility index (Phi) is 6.47. The van der Waals surface area contributed by atoms with Crippen molar-refractivity contribution < 1.29 is 9.59 Å². The van der Waals surface area contributed by atoms with Gasteiger partial charge in [-0.2, -0.15) is 0 Å². The maximum atomic E-state index is 12.5. The monoisotopic (exact) mass is 381 g/mol. The van der Waals surface area contributed by atoms with Crippen LogP contribution >= 0.6 is 0 Å². The van der Waals surface area contributed by atoms with E-state index in [9.17, 15) is 9.59 Å². The van der Waals surface area contributed by atoms with Gasteiger partial charge in [-0.25, -0.2) is 9.78 Å². The highest BCUT2D eigenvalue weighted by Crippen LogP contribution is 2.19. The van der Waals surface area contributed by atoms with E-state index in [0.717, 1.165) is 17.1 Å². The van der Waals surface area contributed by atoms with Crippen LogP contribution in [0.1, 0.15) is 18.4 Å². The van der Waals surface area contributed by atoms with E-state index in [1.54, 1.807) is 11.1 Å². The minimum absolute atomic E-state index is 0.0475. The number of hydrogen-bond donors (Lipinski definition) is 2. The zero-order chi connectivity index (χ0) is 19.9. The fourth-order valence-electron chi connectivity index (χ4n) is 3.22. The number of nitrogens with zero attached hydrogens (tertiary/aromatic N) is 3. The summed E-state index contributed by atoms with van der Waals surface area (Å²) in [6, 6.07) is 13.2. The van der Waals surface area contributed by atoms with Gasteiger partial charge >= 0.3 is 6.03 Å². The summed E-state index contributed by atoms with van der Waals surface area (Å²) in [5.74, 6) is 0.853. The molecule has 3 amide bonds. The molecule has 1 aromatic heterocycles. The number of anilines is 2. The van der Waals surface area contributed by atoms with Gasteiger partial charge in [0.05, 0.1) is 0 Å². The first-order valence-electron chi connectivity index (χ1n) is 9.54. The number of nitrogens with one attached hydrogen (secondary N) is 2. The topological polar surface area (TPSA) is 77.6 Å². The highest BCUT2D eigenvalue weighted by Gasteiger charge is 2.27. The van der Waals surface area contributed by atoms with Crippen molar-refractivity contribution in [2.24, 2.45) is 5.92 Å². The van der Waals surface area contributed by atoms with E-state index >= 15 is 0 Å². The number of piperidine rings is 1. The van der Waals surface area contributed by atoms with Crippen LogP contribution in [0.5, 0.6) is 0 Å². The number of carbonyl (C=O) groups excluding carboxylic acids is 2. The zero-order valence-electron chi connectivity index (χ0n) is 16.4. The number of likely N-dealkylation sites (tertiary alicyclic amines) is 1. The van der Waals surface area contributed by atoms with Crippen LogP contribution in [0.4, 0.5) is 16.3 Å². The fourth-order valence-corrected chi connectivity index (χ4v) is 3.22. The van der Waals surface area contributed by atoms with Crippen LogP contribution in [0.2, 0.25) is 0 Å². The van der Waals surface area contributed by atoms with E-state index in [-0.39, 0.29) is 17.9 Å². The molecule has 1 fully saturated rings. The minimum Gasteiger partial charge on any atom is -0.363 e. The van der Waals surface area contributed by atoms with Crippen LogP contribution in [0.3, 0.4) is 0 Å². The smallest absolute Gasteiger partial charge is 0.321 e. The van der Waals surface area contributed by atoms with Crippen LogP contribution < -0.4 is 15.5 Å². The summed E-state index contributed by atoms with van der Waals surface area (Å²) < 4.78 is 0. The van der Waals surface area contributed by atoms with E-state index < -0.39 is 0 Å². The van der Waals surface area contributed by atoms with Crippen LogP contribution in [-0.2, 0) is 11.3 Å². The molecule has 0 spiro atoms. The van der Waals surface area contributed by atoms with Gasteiger partial charge in [-0.05, 0) is 42.7 Å². The molecule has 1 aromatic carbocycles. The maximum Gasteiger partial charge on any atom is 0.321 e. The molecule has 1 aliphatic heterocycles. The summed E-state index contributed by atoms with van der Waals surface area (Å²) in [6.45, 7) is 1.64. The lowest BCUT2D eigenvalue weighted by Crippen LogP contribution is -2.44. The number of amides is 3. The van der Waals surface area contributed by atoms with Gasteiger partial charge in [0.25, 0.3) is 0 Å². The van der Waals surface area contributed by atoms with Crippen LogP contribution in [0.25, 0.3) is 0 Å². The number of para-hydroxylation sites is 1. The molecule has 0 radical (unpaired) electrons. The summed E-state index contributed by atoms with van der Waals surface area (Å²) in [7, 11) is 3.87. The predicted molar refractivity (Wildman–Crippen MR) is 110 cm³/mol. The zero-order valence-corrected chi connectivity index (χ0v) is 16.4. The van der Waals surface area contributed by atoms with E-state index in [0.29, 0.717) is 32.5 Å².